The Kier molecular flexibility index (Phi) is 3.51. The molecule has 0 spiro atoms. The minimum atomic E-state index is -3.79. The molecular weight excluding hydrogens is 264 g/mol. The van der Waals surface area contributed by atoms with Crippen molar-refractivity contribution >= 4 is 25.7 Å². The second-order valence-electron chi connectivity index (χ2n) is 3.85. The molecule has 8 heteroatoms. The molecule has 0 fully saturated rings. The lowest BCUT2D eigenvalue weighted by molar-refractivity contribution is 0.597. The predicted octanol–water partition coefficient (Wildman–Crippen LogP) is 0.322. The summed E-state index contributed by atoms with van der Waals surface area (Å²) in [4.78, 5) is -0.0356. The molecule has 0 bridgehead atoms. The fourth-order valence-electron chi connectivity index (χ4n) is 1.43. The van der Waals surface area contributed by atoms with Gasteiger partial charge in [0.2, 0.25) is 20.0 Å². The number of anilines is 1. The first-order valence-corrected chi connectivity index (χ1v) is 8.06. The normalized spacial score (nSPS) is 12.5. The van der Waals surface area contributed by atoms with Gasteiger partial charge in [-0.05, 0) is 37.1 Å². The highest BCUT2D eigenvalue weighted by molar-refractivity contribution is 7.92. The molecule has 0 heterocycles. The summed E-state index contributed by atoms with van der Waals surface area (Å²) in [5.41, 5.74) is 1.37. The van der Waals surface area contributed by atoms with Gasteiger partial charge in [-0.3, -0.25) is 4.72 Å². The number of nitrogens with one attached hydrogen (secondary N) is 1. The molecule has 0 saturated carbocycles. The van der Waals surface area contributed by atoms with Crippen LogP contribution in [0, 0.1) is 13.8 Å². The van der Waals surface area contributed by atoms with Crippen LogP contribution in [0.1, 0.15) is 11.1 Å². The van der Waals surface area contributed by atoms with Gasteiger partial charge < -0.3 is 0 Å². The van der Waals surface area contributed by atoms with Crippen molar-refractivity contribution in [3.63, 3.8) is 0 Å². The van der Waals surface area contributed by atoms with E-state index in [4.69, 9.17) is 5.14 Å². The Bertz CT molecular complexity index is 625. The first-order valence-electron chi connectivity index (χ1n) is 4.62. The first kappa shape index (κ1) is 13.9. The quantitative estimate of drug-likeness (QED) is 0.830. The van der Waals surface area contributed by atoms with Crippen molar-refractivity contribution in [2.75, 3.05) is 11.0 Å². The summed E-state index contributed by atoms with van der Waals surface area (Å²) in [6.45, 7) is 3.21. The maximum absolute atomic E-state index is 11.2. The molecule has 0 unspecified atom stereocenters. The summed E-state index contributed by atoms with van der Waals surface area (Å²) in [5.74, 6) is 0. The van der Waals surface area contributed by atoms with Crippen molar-refractivity contribution in [2.24, 2.45) is 5.14 Å². The Morgan fingerprint density at radius 2 is 1.47 bits per heavy atom. The molecule has 1 aromatic rings. The highest BCUT2D eigenvalue weighted by Crippen LogP contribution is 2.24. The average Bonchev–Trinajstić information content (AvgIpc) is 2.07. The highest BCUT2D eigenvalue weighted by atomic mass is 32.2. The highest BCUT2D eigenvalue weighted by Gasteiger charge is 2.14. The minimum Gasteiger partial charge on any atom is -0.283 e. The van der Waals surface area contributed by atoms with Crippen LogP contribution in [0.15, 0.2) is 17.0 Å². The van der Waals surface area contributed by atoms with E-state index in [0.29, 0.717) is 16.8 Å². The van der Waals surface area contributed by atoms with Crippen LogP contribution in [-0.2, 0) is 20.0 Å². The van der Waals surface area contributed by atoms with Gasteiger partial charge in [0.1, 0.15) is 0 Å². The summed E-state index contributed by atoms with van der Waals surface area (Å²) in [6, 6.07) is 2.66. The van der Waals surface area contributed by atoms with Gasteiger partial charge in [-0.25, -0.2) is 22.0 Å². The summed E-state index contributed by atoms with van der Waals surface area (Å²) in [5, 5.41) is 5.01. The monoisotopic (exact) mass is 278 g/mol. The van der Waals surface area contributed by atoms with Crippen LogP contribution < -0.4 is 9.86 Å². The first-order chi connectivity index (χ1) is 7.50. The molecule has 1 aromatic carbocycles. The summed E-state index contributed by atoms with van der Waals surface area (Å²) >= 11 is 0. The van der Waals surface area contributed by atoms with E-state index in [1.165, 1.54) is 12.1 Å². The maximum Gasteiger partial charge on any atom is 0.238 e. The smallest absolute Gasteiger partial charge is 0.238 e. The predicted molar refractivity (Wildman–Crippen MR) is 65.8 cm³/mol. The van der Waals surface area contributed by atoms with Gasteiger partial charge in [0.25, 0.3) is 0 Å². The van der Waals surface area contributed by atoms with E-state index >= 15 is 0 Å². The topological polar surface area (TPSA) is 106 Å². The summed E-state index contributed by atoms with van der Waals surface area (Å²) < 4.78 is 46.9. The van der Waals surface area contributed by atoms with Gasteiger partial charge >= 0.3 is 0 Å². The van der Waals surface area contributed by atoms with Gasteiger partial charge in [-0.1, -0.05) is 0 Å². The van der Waals surface area contributed by atoms with Crippen molar-refractivity contribution in [1.29, 1.82) is 0 Å². The Balaban J connectivity index is 3.40. The van der Waals surface area contributed by atoms with E-state index in [2.05, 4.69) is 4.72 Å². The number of rotatable bonds is 3. The van der Waals surface area contributed by atoms with Crippen LogP contribution in [0.5, 0.6) is 0 Å². The van der Waals surface area contributed by atoms with Crippen LogP contribution in [0.3, 0.4) is 0 Å². The Labute approximate surface area is 101 Å². The third kappa shape index (κ3) is 3.69. The van der Waals surface area contributed by atoms with Crippen LogP contribution in [0.4, 0.5) is 5.69 Å². The minimum absolute atomic E-state index is 0.0356. The lowest BCUT2D eigenvalue weighted by Gasteiger charge is -2.12. The van der Waals surface area contributed by atoms with Gasteiger partial charge in [-0.2, -0.15) is 0 Å². The van der Waals surface area contributed by atoms with Crippen molar-refractivity contribution < 1.29 is 16.8 Å². The molecule has 0 aliphatic rings. The Morgan fingerprint density at radius 3 is 1.76 bits per heavy atom. The van der Waals surface area contributed by atoms with E-state index in [0.717, 1.165) is 6.26 Å². The Hall–Kier alpha value is -1.12. The van der Waals surface area contributed by atoms with E-state index in [-0.39, 0.29) is 4.90 Å². The van der Waals surface area contributed by atoms with E-state index in [1.807, 2.05) is 0 Å². The Morgan fingerprint density at radius 1 is 1.06 bits per heavy atom. The number of nitrogens with two attached hydrogens (primary N) is 1. The van der Waals surface area contributed by atoms with Crippen molar-refractivity contribution in [3.8, 4) is 0 Å². The van der Waals surface area contributed by atoms with Crippen molar-refractivity contribution in [3.05, 3.63) is 23.3 Å². The molecule has 0 saturated heterocycles. The lowest BCUT2D eigenvalue weighted by Crippen LogP contribution is -2.15. The fourth-order valence-corrected chi connectivity index (χ4v) is 2.81. The molecule has 0 aromatic heterocycles. The van der Waals surface area contributed by atoms with Crippen LogP contribution >= 0.6 is 0 Å². The third-order valence-electron chi connectivity index (χ3n) is 2.12. The molecule has 0 aliphatic carbocycles. The molecule has 6 nitrogen and oxygen atoms in total. The number of primary sulfonamides is 1. The average molecular weight is 278 g/mol. The van der Waals surface area contributed by atoms with Gasteiger partial charge in [0.15, 0.2) is 0 Å². The van der Waals surface area contributed by atoms with Gasteiger partial charge in [0, 0.05) is 0 Å². The molecule has 17 heavy (non-hydrogen) atoms. The fraction of sp³-hybridized carbons (Fsp3) is 0.333. The number of sulfonamides is 2. The molecule has 0 radical (unpaired) electrons. The largest absolute Gasteiger partial charge is 0.283 e. The lowest BCUT2D eigenvalue weighted by atomic mass is 10.1. The van der Waals surface area contributed by atoms with Crippen LogP contribution in [0.2, 0.25) is 0 Å². The number of hydrogen-bond acceptors (Lipinski definition) is 4. The van der Waals surface area contributed by atoms with Crippen molar-refractivity contribution in [1.82, 2.24) is 0 Å². The molecule has 96 valence electrons. The third-order valence-corrected chi connectivity index (χ3v) is 3.59. The van der Waals surface area contributed by atoms with E-state index in [9.17, 15) is 16.8 Å². The summed E-state index contributed by atoms with van der Waals surface area (Å²) in [6.07, 6.45) is 1.03. The van der Waals surface area contributed by atoms with Gasteiger partial charge in [0.05, 0.1) is 16.8 Å². The number of benzene rings is 1. The SMILES string of the molecule is Cc1cc(S(N)(=O)=O)cc(C)c1NS(C)(=O)=O. The molecule has 0 atom stereocenters. The molecule has 1 rings (SSSR count). The van der Waals surface area contributed by atoms with Crippen molar-refractivity contribution in [2.45, 2.75) is 18.7 Å². The van der Waals surface area contributed by atoms with E-state index in [1.54, 1.807) is 13.8 Å². The maximum atomic E-state index is 11.2. The zero-order valence-corrected chi connectivity index (χ0v) is 11.3. The molecule has 0 amide bonds. The van der Waals surface area contributed by atoms with Crippen LogP contribution in [-0.4, -0.2) is 23.1 Å². The van der Waals surface area contributed by atoms with E-state index < -0.39 is 20.0 Å². The zero-order chi connectivity index (χ0) is 13.4. The molecule has 0 aliphatic heterocycles. The van der Waals surface area contributed by atoms with Gasteiger partial charge in [-0.15, -0.1) is 0 Å². The standard InChI is InChI=1S/C9H14N2O4S2/c1-6-4-8(17(10,14)15)5-7(2)9(6)11-16(3,12)13/h4-5,11H,1-3H3,(H2,10,14,15). The number of aryl methyl sites for hydroxylation is 2. The second kappa shape index (κ2) is 4.28. The molecule has 3 N–H and O–H groups in total. The number of hydrogen-bond donors (Lipinski definition) is 2. The second-order valence-corrected chi connectivity index (χ2v) is 7.16. The summed E-state index contributed by atoms with van der Waals surface area (Å²) in [7, 11) is -7.19. The zero-order valence-electron chi connectivity index (χ0n) is 9.68. The van der Waals surface area contributed by atoms with Crippen LogP contribution in [0.25, 0.3) is 0 Å². The molecular formula is C9H14N2O4S2.